The Hall–Kier alpha value is -4.00. The van der Waals surface area contributed by atoms with Gasteiger partial charge in [0.1, 0.15) is 5.82 Å². The monoisotopic (exact) mass is 453 g/mol. The van der Waals surface area contributed by atoms with E-state index in [4.69, 9.17) is 0 Å². The van der Waals surface area contributed by atoms with Gasteiger partial charge in [0.2, 0.25) is 5.91 Å². The summed E-state index contributed by atoms with van der Waals surface area (Å²) in [6, 6.07) is 16.6. The third-order valence-electron chi connectivity index (χ3n) is 6.33. The van der Waals surface area contributed by atoms with Gasteiger partial charge in [0.15, 0.2) is 0 Å². The van der Waals surface area contributed by atoms with E-state index in [1.54, 1.807) is 24.5 Å². The smallest absolute Gasteiger partial charge is 0.255 e. The third kappa shape index (κ3) is 4.98. The minimum Gasteiger partial charge on any atom is -0.338 e. The number of benzene rings is 2. The second-order valence-corrected chi connectivity index (χ2v) is 8.76. The SMILES string of the molecule is O=C(Nc1ccc2nc(-c3ccc(NC(=O)C4CCCCCC4)cc3)[nH]c2c1)c1ccncc1. The lowest BCUT2D eigenvalue weighted by Gasteiger charge is -2.14. The normalized spacial score (nSPS) is 14.5. The van der Waals surface area contributed by atoms with E-state index >= 15 is 0 Å². The molecule has 0 radical (unpaired) electrons. The fraction of sp³-hybridized carbons (Fsp3) is 0.259. The van der Waals surface area contributed by atoms with E-state index in [1.165, 1.54) is 12.8 Å². The fourth-order valence-electron chi connectivity index (χ4n) is 4.43. The molecule has 2 aromatic carbocycles. The van der Waals surface area contributed by atoms with Crippen molar-refractivity contribution in [3.8, 4) is 11.4 Å². The molecule has 1 fully saturated rings. The van der Waals surface area contributed by atoms with Crippen molar-refractivity contribution in [2.45, 2.75) is 38.5 Å². The number of imidazole rings is 1. The van der Waals surface area contributed by atoms with Crippen LogP contribution in [0.5, 0.6) is 0 Å². The molecule has 34 heavy (non-hydrogen) atoms. The highest BCUT2D eigenvalue weighted by atomic mass is 16.2. The molecule has 3 N–H and O–H groups in total. The largest absolute Gasteiger partial charge is 0.338 e. The Balaban J connectivity index is 1.27. The Bertz CT molecular complexity index is 1290. The van der Waals surface area contributed by atoms with E-state index in [-0.39, 0.29) is 17.7 Å². The van der Waals surface area contributed by atoms with Gasteiger partial charge >= 0.3 is 0 Å². The molecule has 0 atom stereocenters. The summed E-state index contributed by atoms with van der Waals surface area (Å²) in [6.07, 6.45) is 9.88. The van der Waals surface area contributed by atoms with Gasteiger partial charge in [0, 0.05) is 40.8 Å². The fourth-order valence-corrected chi connectivity index (χ4v) is 4.43. The van der Waals surface area contributed by atoms with Crippen LogP contribution < -0.4 is 10.6 Å². The van der Waals surface area contributed by atoms with Crippen LogP contribution >= 0.6 is 0 Å². The molecule has 1 aliphatic rings. The number of nitrogens with zero attached hydrogens (tertiary/aromatic N) is 2. The number of carbonyl (C=O) groups excluding carboxylic acids is 2. The van der Waals surface area contributed by atoms with Crippen LogP contribution in [0, 0.1) is 5.92 Å². The maximum absolute atomic E-state index is 12.6. The number of H-pyrrole nitrogens is 1. The van der Waals surface area contributed by atoms with Crippen LogP contribution in [0.4, 0.5) is 11.4 Å². The first-order chi connectivity index (χ1) is 16.7. The molecule has 4 aromatic rings. The zero-order valence-electron chi connectivity index (χ0n) is 18.9. The van der Waals surface area contributed by atoms with Crippen LogP contribution in [0.1, 0.15) is 48.9 Å². The number of aromatic amines is 1. The average Bonchev–Trinajstić information content (AvgIpc) is 3.09. The molecule has 0 spiro atoms. The van der Waals surface area contributed by atoms with Crippen molar-refractivity contribution < 1.29 is 9.59 Å². The van der Waals surface area contributed by atoms with Crippen molar-refractivity contribution in [2.24, 2.45) is 5.92 Å². The molecular formula is C27H27N5O2. The summed E-state index contributed by atoms with van der Waals surface area (Å²) in [4.78, 5) is 37.0. The van der Waals surface area contributed by atoms with Crippen LogP contribution in [0.25, 0.3) is 22.4 Å². The summed E-state index contributed by atoms with van der Waals surface area (Å²) in [7, 11) is 0. The highest BCUT2D eigenvalue weighted by molar-refractivity contribution is 6.05. The maximum atomic E-state index is 12.6. The number of hydrogen-bond acceptors (Lipinski definition) is 4. The molecule has 0 aliphatic heterocycles. The number of nitrogens with one attached hydrogen (secondary N) is 3. The summed E-state index contributed by atoms with van der Waals surface area (Å²) in [5.41, 5.74) is 4.59. The molecule has 172 valence electrons. The number of fused-ring (bicyclic) bond motifs is 1. The van der Waals surface area contributed by atoms with Crippen LogP contribution in [0.3, 0.4) is 0 Å². The highest BCUT2D eigenvalue weighted by Crippen LogP contribution is 2.26. The molecule has 1 saturated carbocycles. The Labute approximate surface area is 198 Å². The molecule has 2 aromatic heterocycles. The molecule has 0 unspecified atom stereocenters. The number of pyridine rings is 1. The Kier molecular flexibility index (Phi) is 6.33. The first-order valence-electron chi connectivity index (χ1n) is 11.8. The molecule has 2 amide bonds. The summed E-state index contributed by atoms with van der Waals surface area (Å²) >= 11 is 0. The quantitative estimate of drug-likeness (QED) is 0.333. The molecule has 7 heteroatoms. The van der Waals surface area contributed by atoms with Crippen molar-refractivity contribution in [1.82, 2.24) is 15.0 Å². The van der Waals surface area contributed by atoms with Gasteiger partial charge in [-0.3, -0.25) is 14.6 Å². The molecular weight excluding hydrogens is 426 g/mol. The van der Waals surface area contributed by atoms with Gasteiger partial charge in [0.25, 0.3) is 5.91 Å². The predicted molar refractivity (Wildman–Crippen MR) is 134 cm³/mol. The Morgan fingerprint density at radius 2 is 1.53 bits per heavy atom. The zero-order valence-corrected chi connectivity index (χ0v) is 18.9. The predicted octanol–water partition coefficient (Wildman–Crippen LogP) is 5.79. The number of hydrogen-bond donors (Lipinski definition) is 3. The number of anilines is 2. The molecule has 1 aliphatic carbocycles. The van der Waals surface area contributed by atoms with Crippen LogP contribution in [-0.4, -0.2) is 26.8 Å². The molecule has 0 saturated heterocycles. The van der Waals surface area contributed by atoms with Crippen molar-refractivity contribution in [1.29, 1.82) is 0 Å². The lowest BCUT2D eigenvalue weighted by Crippen LogP contribution is -2.22. The van der Waals surface area contributed by atoms with Gasteiger partial charge in [-0.05, 0) is 67.4 Å². The molecule has 5 rings (SSSR count). The Morgan fingerprint density at radius 3 is 2.26 bits per heavy atom. The topological polar surface area (TPSA) is 99.8 Å². The summed E-state index contributed by atoms with van der Waals surface area (Å²) in [6.45, 7) is 0. The van der Waals surface area contributed by atoms with Gasteiger partial charge < -0.3 is 15.6 Å². The number of rotatable bonds is 5. The maximum Gasteiger partial charge on any atom is 0.255 e. The molecule has 0 bridgehead atoms. The molecule has 2 heterocycles. The second-order valence-electron chi connectivity index (χ2n) is 8.76. The lowest BCUT2D eigenvalue weighted by atomic mass is 9.99. The minimum atomic E-state index is -0.192. The summed E-state index contributed by atoms with van der Waals surface area (Å²) in [5, 5.41) is 5.97. The average molecular weight is 454 g/mol. The van der Waals surface area contributed by atoms with Crippen molar-refractivity contribution in [3.63, 3.8) is 0 Å². The van der Waals surface area contributed by atoms with Gasteiger partial charge in [-0.1, -0.05) is 25.7 Å². The van der Waals surface area contributed by atoms with Gasteiger partial charge in [-0.2, -0.15) is 0 Å². The first kappa shape index (κ1) is 21.8. The molecule has 7 nitrogen and oxygen atoms in total. The van der Waals surface area contributed by atoms with E-state index < -0.39 is 0 Å². The number of carbonyl (C=O) groups is 2. The third-order valence-corrected chi connectivity index (χ3v) is 6.33. The summed E-state index contributed by atoms with van der Waals surface area (Å²) < 4.78 is 0. The van der Waals surface area contributed by atoms with Crippen LogP contribution in [0.2, 0.25) is 0 Å². The van der Waals surface area contributed by atoms with E-state index in [9.17, 15) is 9.59 Å². The van der Waals surface area contributed by atoms with E-state index in [0.717, 1.165) is 53.8 Å². The van der Waals surface area contributed by atoms with Crippen molar-refractivity contribution in [2.75, 3.05) is 10.6 Å². The van der Waals surface area contributed by atoms with Crippen molar-refractivity contribution >= 4 is 34.2 Å². The van der Waals surface area contributed by atoms with Crippen LogP contribution in [-0.2, 0) is 4.79 Å². The first-order valence-corrected chi connectivity index (χ1v) is 11.8. The van der Waals surface area contributed by atoms with Gasteiger partial charge in [-0.25, -0.2) is 4.98 Å². The van der Waals surface area contributed by atoms with Gasteiger partial charge in [0.05, 0.1) is 11.0 Å². The van der Waals surface area contributed by atoms with E-state index in [1.807, 2.05) is 42.5 Å². The van der Waals surface area contributed by atoms with Gasteiger partial charge in [-0.15, -0.1) is 0 Å². The summed E-state index contributed by atoms with van der Waals surface area (Å²) in [5.74, 6) is 0.780. The van der Waals surface area contributed by atoms with Crippen LogP contribution in [0.15, 0.2) is 67.0 Å². The number of aromatic nitrogens is 3. The van der Waals surface area contributed by atoms with E-state index in [2.05, 4.69) is 25.6 Å². The standard InChI is InChI=1S/C27H27N5O2/c33-26(19-5-3-1-2-4-6-19)29-21-9-7-18(8-10-21)25-31-23-12-11-22(17-24(23)32-25)30-27(34)20-13-15-28-16-14-20/h7-17,19H,1-6H2,(H,29,33)(H,30,34)(H,31,32). The van der Waals surface area contributed by atoms with Crippen molar-refractivity contribution in [3.05, 3.63) is 72.6 Å². The number of amides is 2. The van der Waals surface area contributed by atoms with E-state index in [0.29, 0.717) is 11.3 Å². The Morgan fingerprint density at radius 1 is 0.824 bits per heavy atom. The second kappa shape index (κ2) is 9.87. The minimum absolute atomic E-state index is 0.116. The highest BCUT2D eigenvalue weighted by Gasteiger charge is 2.20. The zero-order chi connectivity index (χ0) is 23.3. The lowest BCUT2D eigenvalue weighted by molar-refractivity contribution is -0.120.